The monoisotopic (exact) mass is 388 g/mol. The number of nitrogens with one attached hydrogen (secondary N) is 2. The first-order valence-electron chi connectivity index (χ1n) is 8.61. The number of amides is 2. The zero-order valence-electron chi connectivity index (χ0n) is 15.4. The molecule has 0 bridgehead atoms. The molecule has 2 N–H and O–H groups in total. The summed E-state index contributed by atoms with van der Waals surface area (Å²) in [6.07, 6.45) is 1.12. The Kier molecular flexibility index (Phi) is 7.12. The Balaban J connectivity index is 2.07. The van der Waals surface area contributed by atoms with Gasteiger partial charge in [0, 0.05) is 18.4 Å². The van der Waals surface area contributed by atoms with Gasteiger partial charge in [0.25, 0.3) is 5.91 Å². The molecule has 6 nitrogen and oxygen atoms in total. The topological polar surface area (TPSA) is 92.3 Å². The lowest BCUT2D eigenvalue weighted by Gasteiger charge is -2.18. The van der Waals surface area contributed by atoms with Crippen molar-refractivity contribution in [3.05, 3.63) is 71.3 Å². The number of hydrogen-bond acceptors (Lipinski definition) is 4. The van der Waals surface area contributed by atoms with Crippen molar-refractivity contribution in [3.8, 4) is 0 Å². The zero-order valence-corrected chi connectivity index (χ0v) is 16.3. The summed E-state index contributed by atoms with van der Waals surface area (Å²) in [6.45, 7) is 2.17. The van der Waals surface area contributed by atoms with E-state index in [4.69, 9.17) is 0 Å². The molecule has 2 aromatic carbocycles. The van der Waals surface area contributed by atoms with Crippen LogP contribution in [0.4, 0.5) is 0 Å². The van der Waals surface area contributed by atoms with Crippen molar-refractivity contribution in [1.82, 2.24) is 10.6 Å². The van der Waals surface area contributed by atoms with Crippen LogP contribution in [0.5, 0.6) is 0 Å². The minimum atomic E-state index is -3.26. The van der Waals surface area contributed by atoms with E-state index in [0.717, 1.165) is 17.4 Å². The summed E-state index contributed by atoms with van der Waals surface area (Å²) < 4.78 is 23.0. The van der Waals surface area contributed by atoms with Crippen LogP contribution in [0.2, 0.25) is 0 Å². The largest absolute Gasteiger partial charge is 0.350 e. The van der Waals surface area contributed by atoms with Crippen LogP contribution < -0.4 is 10.6 Å². The van der Waals surface area contributed by atoms with E-state index in [9.17, 15) is 18.0 Å². The molecule has 0 heterocycles. The predicted octanol–water partition coefficient (Wildman–Crippen LogP) is 1.84. The molecule has 1 atom stereocenters. The van der Waals surface area contributed by atoms with Gasteiger partial charge in [0.2, 0.25) is 5.91 Å². The molecule has 2 aromatic rings. The molecule has 2 amide bonds. The SMILES string of the molecule is Cc1cccc(C(=O)NC(CCS(C)(=O)=O)C(=O)NCc2ccccc2)c1. The van der Waals surface area contributed by atoms with Crippen molar-refractivity contribution in [2.24, 2.45) is 0 Å². The second-order valence-electron chi connectivity index (χ2n) is 6.52. The molecule has 0 fully saturated rings. The highest BCUT2D eigenvalue weighted by molar-refractivity contribution is 7.90. The fourth-order valence-electron chi connectivity index (χ4n) is 2.54. The van der Waals surface area contributed by atoms with E-state index in [0.29, 0.717) is 12.1 Å². The zero-order chi connectivity index (χ0) is 19.9. The predicted molar refractivity (Wildman–Crippen MR) is 105 cm³/mol. The summed E-state index contributed by atoms with van der Waals surface area (Å²) in [6, 6.07) is 15.4. The lowest BCUT2D eigenvalue weighted by atomic mass is 10.1. The summed E-state index contributed by atoms with van der Waals surface area (Å²) in [5.41, 5.74) is 2.26. The smallest absolute Gasteiger partial charge is 0.251 e. The van der Waals surface area contributed by atoms with E-state index in [1.165, 1.54) is 0 Å². The lowest BCUT2D eigenvalue weighted by Crippen LogP contribution is -2.47. The average molecular weight is 388 g/mol. The van der Waals surface area contributed by atoms with Crippen LogP contribution in [0.25, 0.3) is 0 Å². The van der Waals surface area contributed by atoms with Gasteiger partial charge in [-0.05, 0) is 31.0 Å². The Morgan fingerprint density at radius 2 is 1.74 bits per heavy atom. The Bertz CT molecular complexity index is 895. The molecule has 144 valence electrons. The third-order valence-corrected chi connectivity index (χ3v) is 4.97. The molecule has 0 aromatic heterocycles. The third-order valence-electron chi connectivity index (χ3n) is 3.99. The highest BCUT2D eigenvalue weighted by Crippen LogP contribution is 2.06. The van der Waals surface area contributed by atoms with Gasteiger partial charge in [-0.3, -0.25) is 9.59 Å². The van der Waals surface area contributed by atoms with Gasteiger partial charge in [-0.25, -0.2) is 8.42 Å². The van der Waals surface area contributed by atoms with Gasteiger partial charge < -0.3 is 10.6 Å². The minimum absolute atomic E-state index is 0.0109. The number of benzene rings is 2. The first-order valence-corrected chi connectivity index (χ1v) is 10.7. The van der Waals surface area contributed by atoms with E-state index in [1.807, 2.05) is 43.3 Å². The number of carbonyl (C=O) groups excluding carboxylic acids is 2. The van der Waals surface area contributed by atoms with Crippen LogP contribution in [0, 0.1) is 6.92 Å². The van der Waals surface area contributed by atoms with Gasteiger partial charge in [0.05, 0.1) is 5.75 Å². The highest BCUT2D eigenvalue weighted by atomic mass is 32.2. The maximum absolute atomic E-state index is 12.5. The molecule has 0 spiro atoms. The number of hydrogen-bond donors (Lipinski definition) is 2. The quantitative estimate of drug-likeness (QED) is 0.722. The van der Waals surface area contributed by atoms with Crippen molar-refractivity contribution < 1.29 is 18.0 Å². The van der Waals surface area contributed by atoms with Gasteiger partial charge in [-0.2, -0.15) is 0 Å². The Morgan fingerprint density at radius 1 is 1.04 bits per heavy atom. The molecule has 27 heavy (non-hydrogen) atoms. The van der Waals surface area contributed by atoms with E-state index in [1.54, 1.807) is 18.2 Å². The highest BCUT2D eigenvalue weighted by Gasteiger charge is 2.23. The Hall–Kier alpha value is -2.67. The third kappa shape index (κ3) is 7.22. The van der Waals surface area contributed by atoms with Crippen LogP contribution in [0.1, 0.15) is 27.9 Å². The van der Waals surface area contributed by atoms with Crippen molar-refractivity contribution in [2.45, 2.75) is 25.9 Å². The van der Waals surface area contributed by atoms with Gasteiger partial charge in [0.1, 0.15) is 15.9 Å². The normalized spacial score (nSPS) is 12.2. The Morgan fingerprint density at radius 3 is 2.37 bits per heavy atom. The summed E-state index contributed by atoms with van der Waals surface area (Å²) >= 11 is 0. The van der Waals surface area contributed by atoms with Gasteiger partial charge in [0.15, 0.2) is 0 Å². The van der Waals surface area contributed by atoms with Crippen LogP contribution in [-0.2, 0) is 21.2 Å². The molecule has 0 aliphatic rings. The molecule has 2 rings (SSSR count). The fourth-order valence-corrected chi connectivity index (χ4v) is 3.20. The van der Waals surface area contributed by atoms with Crippen molar-refractivity contribution in [1.29, 1.82) is 0 Å². The van der Waals surface area contributed by atoms with E-state index in [2.05, 4.69) is 10.6 Å². The summed E-state index contributed by atoms with van der Waals surface area (Å²) in [5.74, 6) is -1.01. The second-order valence-corrected chi connectivity index (χ2v) is 8.78. The van der Waals surface area contributed by atoms with E-state index < -0.39 is 27.7 Å². The van der Waals surface area contributed by atoms with Crippen molar-refractivity contribution in [2.75, 3.05) is 12.0 Å². The Labute approximate surface area is 159 Å². The molecule has 0 radical (unpaired) electrons. The van der Waals surface area contributed by atoms with Crippen LogP contribution in [0.3, 0.4) is 0 Å². The first kappa shape index (κ1) is 20.6. The molecule has 1 unspecified atom stereocenters. The second kappa shape index (κ2) is 9.32. The molecule has 0 aliphatic carbocycles. The lowest BCUT2D eigenvalue weighted by molar-refractivity contribution is -0.123. The maximum atomic E-state index is 12.5. The summed E-state index contributed by atoms with van der Waals surface area (Å²) in [7, 11) is -3.26. The molecule has 7 heteroatoms. The molecule has 0 aliphatic heterocycles. The molecule has 0 saturated heterocycles. The maximum Gasteiger partial charge on any atom is 0.251 e. The van der Waals surface area contributed by atoms with Gasteiger partial charge in [-0.1, -0.05) is 48.0 Å². The minimum Gasteiger partial charge on any atom is -0.350 e. The van der Waals surface area contributed by atoms with Crippen molar-refractivity contribution in [3.63, 3.8) is 0 Å². The average Bonchev–Trinajstić information content (AvgIpc) is 2.63. The summed E-state index contributed by atoms with van der Waals surface area (Å²) in [5, 5.41) is 5.41. The van der Waals surface area contributed by atoms with Crippen molar-refractivity contribution >= 4 is 21.7 Å². The van der Waals surface area contributed by atoms with Crippen LogP contribution >= 0.6 is 0 Å². The number of carbonyl (C=O) groups is 2. The number of aryl methyl sites for hydroxylation is 1. The molecule has 0 saturated carbocycles. The van der Waals surface area contributed by atoms with E-state index in [-0.39, 0.29) is 12.2 Å². The summed E-state index contributed by atoms with van der Waals surface area (Å²) in [4.78, 5) is 25.0. The van der Waals surface area contributed by atoms with Crippen LogP contribution in [0.15, 0.2) is 54.6 Å². The number of rotatable bonds is 8. The number of sulfone groups is 1. The molecular weight excluding hydrogens is 364 g/mol. The van der Waals surface area contributed by atoms with E-state index >= 15 is 0 Å². The fraction of sp³-hybridized carbons (Fsp3) is 0.300. The van der Waals surface area contributed by atoms with Crippen LogP contribution in [-0.4, -0.2) is 38.3 Å². The standard InChI is InChI=1S/C20H24N2O4S/c1-15-7-6-10-17(13-15)19(23)22-18(11-12-27(2,25)26)20(24)21-14-16-8-4-3-5-9-16/h3-10,13,18H,11-12,14H2,1-2H3,(H,21,24)(H,22,23). The first-order chi connectivity index (χ1) is 12.7. The van der Waals surface area contributed by atoms with Gasteiger partial charge in [-0.15, -0.1) is 0 Å². The molecular formula is C20H24N2O4S. The van der Waals surface area contributed by atoms with Gasteiger partial charge >= 0.3 is 0 Å².